The SMILES string of the molecule is Oc1c(O)c(O)c2c(-c3cccc(-c4ccccc4)c3)c3c(O)c(O)c(O)c(O)c3c(-c3ccc(-c4ccccc4-c4cccc5oc6ccccc6c45)cc3)c2c1O. The summed E-state index contributed by atoms with van der Waals surface area (Å²) < 4.78 is 6.18. The van der Waals surface area contributed by atoms with Crippen molar-refractivity contribution in [1.29, 1.82) is 0 Å². The molecule has 0 radical (unpaired) electrons. The number of aromatic hydroxyl groups is 8. The molecule has 0 aliphatic carbocycles. The van der Waals surface area contributed by atoms with Crippen LogP contribution in [0, 0.1) is 0 Å². The topological polar surface area (TPSA) is 175 Å². The highest BCUT2D eigenvalue weighted by Crippen LogP contribution is 2.62. The second-order valence-corrected chi connectivity index (χ2v) is 14.4. The van der Waals surface area contributed by atoms with E-state index in [0.717, 1.165) is 55.3 Å². The van der Waals surface area contributed by atoms with Crippen molar-refractivity contribution in [3.8, 4) is 102 Å². The van der Waals surface area contributed by atoms with E-state index in [1.165, 1.54) is 0 Å². The number of furan rings is 1. The number of hydrogen-bond donors (Lipinski definition) is 8. The molecule has 0 saturated carbocycles. The van der Waals surface area contributed by atoms with Gasteiger partial charge in [-0.2, -0.15) is 0 Å². The number of fused-ring (bicyclic) bond motifs is 5. The highest BCUT2D eigenvalue weighted by molar-refractivity contribution is 6.29. The van der Waals surface area contributed by atoms with Gasteiger partial charge in [0, 0.05) is 43.4 Å². The Morgan fingerprint density at radius 3 is 1.34 bits per heavy atom. The predicted molar refractivity (Wildman–Crippen MR) is 229 cm³/mol. The summed E-state index contributed by atoms with van der Waals surface area (Å²) in [7, 11) is 0. The normalized spacial score (nSPS) is 11.6. The van der Waals surface area contributed by atoms with Crippen molar-refractivity contribution in [2.24, 2.45) is 0 Å². The summed E-state index contributed by atoms with van der Waals surface area (Å²) in [6, 6.07) is 45.1. The quantitative estimate of drug-likeness (QED) is 0.0480. The van der Waals surface area contributed by atoms with Crippen molar-refractivity contribution < 1.29 is 45.3 Å². The average Bonchev–Trinajstić information content (AvgIpc) is 3.67. The molecule has 0 saturated heterocycles. The van der Waals surface area contributed by atoms with E-state index in [0.29, 0.717) is 11.1 Å². The standard InChI is InChI=1S/C50H32O9/c51-43-39-36(27-22-20-26(21-23-27)30-14-4-5-15-31(30)32-17-9-19-35-38(32)33-16-6-7-18-34(33)59-35)40-42(46(54)50(58)48(56)44(40)52)37(41(39)45(53)49(57)47(43)55)29-13-8-12-28(24-29)25-10-2-1-3-11-25/h1-24,51-58H. The Labute approximate surface area is 335 Å². The maximum atomic E-state index is 11.7. The van der Waals surface area contributed by atoms with Gasteiger partial charge in [0.15, 0.2) is 23.0 Å². The van der Waals surface area contributed by atoms with Crippen LogP contribution in [0.5, 0.6) is 46.0 Å². The second-order valence-electron chi connectivity index (χ2n) is 14.4. The molecule has 0 unspecified atom stereocenters. The molecule has 0 aliphatic heterocycles. The molecule has 1 heterocycles. The van der Waals surface area contributed by atoms with Crippen LogP contribution < -0.4 is 0 Å². The summed E-state index contributed by atoms with van der Waals surface area (Å²) in [6.07, 6.45) is 0. The number of rotatable bonds is 5. The first-order valence-corrected chi connectivity index (χ1v) is 18.6. The number of phenols is 8. The zero-order valence-corrected chi connectivity index (χ0v) is 30.8. The Morgan fingerprint density at radius 2 is 0.712 bits per heavy atom. The van der Waals surface area contributed by atoms with Crippen LogP contribution >= 0.6 is 0 Å². The van der Waals surface area contributed by atoms with Crippen molar-refractivity contribution >= 4 is 43.5 Å². The summed E-state index contributed by atoms with van der Waals surface area (Å²) >= 11 is 0. The van der Waals surface area contributed by atoms with E-state index in [-0.39, 0.29) is 32.7 Å². The lowest BCUT2D eigenvalue weighted by Gasteiger charge is -2.23. The van der Waals surface area contributed by atoms with Gasteiger partial charge >= 0.3 is 0 Å². The lowest BCUT2D eigenvalue weighted by molar-refractivity contribution is 0.350. The zero-order chi connectivity index (χ0) is 40.7. The smallest absolute Gasteiger partial charge is 0.204 e. The Balaban J connectivity index is 1.25. The first-order chi connectivity index (χ1) is 28.6. The fourth-order valence-electron chi connectivity index (χ4n) is 8.47. The summed E-state index contributed by atoms with van der Waals surface area (Å²) in [5.74, 6) is -7.47. The molecule has 0 spiro atoms. The van der Waals surface area contributed by atoms with Crippen LogP contribution in [0.1, 0.15) is 0 Å². The number of phenolic OH excluding ortho intramolecular Hbond substituents is 8. The molecule has 286 valence electrons. The van der Waals surface area contributed by atoms with Crippen LogP contribution in [0.3, 0.4) is 0 Å². The Morgan fingerprint density at radius 1 is 0.271 bits per heavy atom. The molecule has 10 aromatic rings. The molecule has 0 amide bonds. The van der Waals surface area contributed by atoms with Crippen molar-refractivity contribution in [3.63, 3.8) is 0 Å². The molecule has 8 N–H and O–H groups in total. The fraction of sp³-hybridized carbons (Fsp3) is 0. The third-order valence-corrected chi connectivity index (χ3v) is 11.2. The van der Waals surface area contributed by atoms with Crippen molar-refractivity contribution in [2.45, 2.75) is 0 Å². The molecule has 9 nitrogen and oxygen atoms in total. The van der Waals surface area contributed by atoms with Crippen LogP contribution in [0.2, 0.25) is 0 Å². The van der Waals surface area contributed by atoms with Gasteiger partial charge in [-0.15, -0.1) is 0 Å². The van der Waals surface area contributed by atoms with Gasteiger partial charge in [-0.25, -0.2) is 0 Å². The molecule has 0 fully saturated rings. The molecule has 9 heteroatoms. The van der Waals surface area contributed by atoms with Crippen LogP contribution in [-0.2, 0) is 0 Å². The number of hydrogen-bond acceptors (Lipinski definition) is 9. The van der Waals surface area contributed by atoms with Gasteiger partial charge in [-0.05, 0) is 62.7 Å². The largest absolute Gasteiger partial charge is 0.504 e. The van der Waals surface area contributed by atoms with Crippen LogP contribution in [0.4, 0.5) is 0 Å². The van der Waals surface area contributed by atoms with Crippen LogP contribution in [-0.4, -0.2) is 40.9 Å². The fourth-order valence-corrected chi connectivity index (χ4v) is 8.47. The third kappa shape index (κ3) is 5.18. The maximum absolute atomic E-state index is 11.7. The minimum atomic E-state index is -1.03. The lowest BCUT2D eigenvalue weighted by Crippen LogP contribution is -1.95. The van der Waals surface area contributed by atoms with E-state index in [2.05, 4.69) is 0 Å². The molecule has 10 rings (SSSR count). The molecule has 0 aliphatic rings. The molecule has 9 aromatic carbocycles. The van der Waals surface area contributed by atoms with E-state index in [1.807, 2.05) is 115 Å². The Kier molecular flexibility index (Phi) is 7.83. The molecule has 1 aromatic heterocycles. The van der Waals surface area contributed by atoms with E-state index < -0.39 is 46.0 Å². The molecule has 59 heavy (non-hydrogen) atoms. The zero-order valence-electron chi connectivity index (χ0n) is 30.8. The second kappa shape index (κ2) is 13.1. The number of para-hydroxylation sites is 1. The Hall–Kier alpha value is -8.30. The summed E-state index contributed by atoms with van der Waals surface area (Å²) in [4.78, 5) is 0. The lowest BCUT2D eigenvalue weighted by atomic mass is 9.83. The van der Waals surface area contributed by atoms with Crippen molar-refractivity contribution in [1.82, 2.24) is 0 Å². The highest BCUT2D eigenvalue weighted by Gasteiger charge is 2.32. The molecule has 0 bridgehead atoms. The first-order valence-electron chi connectivity index (χ1n) is 18.6. The highest BCUT2D eigenvalue weighted by atomic mass is 16.4. The first kappa shape index (κ1) is 35.1. The average molecular weight is 777 g/mol. The van der Waals surface area contributed by atoms with Gasteiger partial charge in [0.05, 0.1) is 0 Å². The van der Waals surface area contributed by atoms with E-state index >= 15 is 0 Å². The van der Waals surface area contributed by atoms with Gasteiger partial charge < -0.3 is 45.3 Å². The van der Waals surface area contributed by atoms with Crippen LogP contribution in [0.15, 0.2) is 150 Å². The van der Waals surface area contributed by atoms with Crippen molar-refractivity contribution in [2.75, 3.05) is 0 Å². The Bertz CT molecular complexity index is 3270. The summed E-state index contributed by atoms with van der Waals surface area (Å²) in [5.41, 5.74) is 7.23. The molecular formula is C50H32O9. The van der Waals surface area contributed by atoms with Gasteiger partial charge in [-0.1, -0.05) is 127 Å². The molecular weight excluding hydrogens is 745 g/mol. The number of benzene rings is 9. The minimum Gasteiger partial charge on any atom is -0.504 e. The third-order valence-electron chi connectivity index (χ3n) is 11.2. The van der Waals surface area contributed by atoms with Crippen molar-refractivity contribution in [3.05, 3.63) is 146 Å². The summed E-state index contributed by atoms with van der Waals surface area (Å²) in [5, 5.41) is 91.8. The molecule has 0 atom stereocenters. The van der Waals surface area contributed by atoms with E-state index in [1.54, 1.807) is 30.3 Å². The summed E-state index contributed by atoms with van der Waals surface area (Å²) in [6.45, 7) is 0. The maximum Gasteiger partial charge on any atom is 0.204 e. The van der Waals surface area contributed by atoms with Gasteiger partial charge in [0.25, 0.3) is 0 Å². The monoisotopic (exact) mass is 776 g/mol. The van der Waals surface area contributed by atoms with Gasteiger partial charge in [-0.3, -0.25) is 0 Å². The predicted octanol–water partition coefficient (Wildman–Crippen LogP) is 11.9. The minimum absolute atomic E-state index is 0.0192. The van der Waals surface area contributed by atoms with Gasteiger partial charge in [0.1, 0.15) is 11.2 Å². The van der Waals surface area contributed by atoms with Gasteiger partial charge in [0.2, 0.25) is 23.0 Å². The van der Waals surface area contributed by atoms with E-state index in [9.17, 15) is 40.9 Å². The van der Waals surface area contributed by atoms with Crippen LogP contribution in [0.25, 0.3) is 99.1 Å². The van der Waals surface area contributed by atoms with E-state index in [4.69, 9.17) is 4.42 Å².